The van der Waals surface area contributed by atoms with Crippen LogP contribution in [0.3, 0.4) is 0 Å². The van der Waals surface area contributed by atoms with Gasteiger partial charge in [-0.15, -0.1) is 0 Å². The van der Waals surface area contributed by atoms with Crippen LogP contribution >= 0.6 is 0 Å². The van der Waals surface area contributed by atoms with E-state index in [0.717, 1.165) is 51.1 Å². The normalized spacial score (nSPS) is 21.8. The van der Waals surface area contributed by atoms with Crippen molar-refractivity contribution in [2.24, 2.45) is 5.92 Å². The molecular weight excluding hydrogens is 343 g/mol. The van der Waals surface area contributed by atoms with Gasteiger partial charge in [0.2, 0.25) is 0 Å². The number of amides is 2. The largest absolute Gasteiger partial charge is 0.337 e. The van der Waals surface area contributed by atoms with Gasteiger partial charge in [0.05, 0.1) is 0 Å². The molecule has 1 N–H and O–H groups in total. The summed E-state index contributed by atoms with van der Waals surface area (Å²) in [5.41, 5.74) is 1.14. The van der Waals surface area contributed by atoms with Crippen molar-refractivity contribution in [1.29, 1.82) is 0 Å². The third-order valence-electron chi connectivity index (χ3n) is 6.00. The average Bonchev–Trinajstić information content (AvgIpc) is 3.12. The van der Waals surface area contributed by atoms with Crippen LogP contribution in [-0.4, -0.2) is 80.1 Å². The summed E-state index contributed by atoms with van der Waals surface area (Å²) in [6, 6.07) is 7.46. The van der Waals surface area contributed by atoms with Crippen molar-refractivity contribution < 1.29 is 9.18 Å². The van der Waals surface area contributed by atoms with Gasteiger partial charge in [0.25, 0.3) is 0 Å². The lowest BCUT2D eigenvalue weighted by molar-refractivity contribution is 0.144. The summed E-state index contributed by atoms with van der Waals surface area (Å²) in [5.74, 6) is 0.267. The van der Waals surface area contributed by atoms with E-state index < -0.39 is 0 Å². The minimum Gasteiger partial charge on any atom is -0.337 e. The molecule has 2 amide bonds. The van der Waals surface area contributed by atoms with Gasteiger partial charge in [-0.3, -0.25) is 0 Å². The molecule has 0 bridgehead atoms. The standard InChI is InChI=1S/C21H33FN4O/c1-24(2)20-8-11-25(12-9-20)14-10-23-21(27)26-13-7-18(16-26)15-17-3-5-19(22)6-4-17/h3-6,18,20H,7-16H2,1-2H3,(H,23,27). The van der Waals surface area contributed by atoms with Crippen LogP contribution in [0.4, 0.5) is 9.18 Å². The molecule has 27 heavy (non-hydrogen) atoms. The zero-order valence-electron chi connectivity index (χ0n) is 16.7. The highest BCUT2D eigenvalue weighted by Crippen LogP contribution is 2.21. The van der Waals surface area contributed by atoms with E-state index in [2.05, 4.69) is 29.2 Å². The molecule has 0 aromatic heterocycles. The van der Waals surface area contributed by atoms with E-state index in [9.17, 15) is 9.18 Å². The van der Waals surface area contributed by atoms with Gasteiger partial charge in [-0.2, -0.15) is 0 Å². The van der Waals surface area contributed by atoms with Gasteiger partial charge in [-0.25, -0.2) is 9.18 Å². The number of carbonyl (C=O) groups is 1. The van der Waals surface area contributed by atoms with Crippen molar-refractivity contribution in [1.82, 2.24) is 20.0 Å². The predicted molar refractivity (Wildman–Crippen MR) is 106 cm³/mol. The van der Waals surface area contributed by atoms with Gasteiger partial charge in [0, 0.05) is 32.2 Å². The number of hydrogen-bond acceptors (Lipinski definition) is 3. The lowest BCUT2D eigenvalue weighted by Crippen LogP contribution is -2.46. The summed E-state index contributed by atoms with van der Waals surface area (Å²) >= 11 is 0. The van der Waals surface area contributed by atoms with Gasteiger partial charge in [-0.1, -0.05) is 12.1 Å². The SMILES string of the molecule is CN(C)C1CCN(CCNC(=O)N2CCC(Cc3ccc(F)cc3)C2)CC1. The first kappa shape index (κ1) is 20.1. The number of benzene rings is 1. The molecule has 1 aromatic carbocycles. The third kappa shape index (κ3) is 5.91. The summed E-state index contributed by atoms with van der Waals surface area (Å²) in [6.45, 7) is 5.47. The lowest BCUT2D eigenvalue weighted by atomic mass is 9.99. The Morgan fingerprint density at radius 2 is 1.85 bits per heavy atom. The van der Waals surface area contributed by atoms with Gasteiger partial charge in [0.15, 0.2) is 0 Å². The molecule has 2 heterocycles. The minimum atomic E-state index is -0.197. The molecule has 5 nitrogen and oxygen atoms in total. The van der Waals surface area contributed by atoms with E-state index in [1.54, 1.807) is 0 Å². The fourth-order valence-corrected chi connectivity index (χ4v) is 4.23. The highest BCUT2D eigenvalue weighted by molar-refractivity contribution is 5.74. The van der Waals surface area contributed by atoms with Crippen LogP contribution in [0.1, 0.15) is 24.8 Å². The molecule has 0 aliphatic carbocycles. The molecule has 3 rings (SSSR count). The molecule has 1 atom stereocenters. The van der Waals surface area contributed by atoms with E-state index >= 15 is 0 Å². The first-order valence-corrected chi connectivity index (χ1v) is 10.2. The second-order valence-electron chi connectivity index (χ2n) is 8.20. The molecule has 2 saturated heterocycles. The molecule has 2 aliphatic rings. The predicted octanol–water partition coefficient (Wildman–Crippen LogP) is 2.43. The third-order valence-corrected chi connectivity index (χ3v) is 6.00. The molecule has 0 radical (unpaired) electrons. The van der Waals surface area contributed by atoms with E-state index in [0.29, 0.717) is 18.5 Å². The topological polar surface area (TPSA) is 38.8 Å². The number of piperidine rings is 1. The monoisotopic (exact) mass is 376 g/mol. The lowest BCUT2D eigenvalue weighted by Gasteiger charge is -2.35. The Morgan fingerprint density at radius 1 is 1.15 bits per heavy atom. The Balaban J connectivity index is 1.33. The average molecular weight is 377 g/mol. The number of hydrogen-bond donors (Lipinski definition) is 1. The highest BCUT2D eigenvalue weighted by atomic mass is 19.1. The molecule has 2 fully saturated rings. The van der Waals surface area contributed by atoms with Gasteiger partial charge in [-0.05, 0) is 76.5 Å². The molecule has 2 aliphatic heterocycles. The van der Waals surface area contributed by atoms with Crippen molar-refractivity contribution in [3.8, 4) is 0 Å². The number of urea groups is 1. The van der Waals surface area contributed by atoms with Crippen LogP contribution in [0.15, 0.2) is 24.3 Å². The summed E-state index contributed by atoms with van der Waals surface area (Å²) < 4.78 is 13.0. The van der Waals surface area contributed by atoms with Crippen LogP contribution < -0.4 is 5.32 Å². The highest BCUT2D eigenvalue weighted by Gasteiger charge is 2.26. The van der Waals surface area contributed by atoms with E-state index in [-0.39, 0.29) is 11.8 Å². The summed E-state index contributed by atoms with van der Waals surface area (Å²) in [6.07, 6.45) is 4.34. The van der Waals surface area contributed by atoms with E-state index in [4.69, 9.17) is 0 Å². The minimum absolute atomic E-state index is 0.0554. The van der Waals surface area contributed by atoms with Gasteiger partial charge < -0.3 is 20.0 Å². The Hall–Kier alpha value is -1.66. The van der Waals surface area contributed by atoms with Crippen LogP contribution in [0.25, 0.3) is 0 Å². The molecule has 1 aromatic rings. The maximum absolute atomic E-state index is 13.0. The van der Waals surface area contributed by atoms with E-state index in [1.165, 1.54) is 25.0 Å². The van der Waals surface area contributed by atoms with Crippen molar-refractivity contribution in [2.75, 3.05) is 53.4 Å². The number of nitrogens with zero attached hydrogens (tertiary/aromatic N) is 3. The smallest absolute Gasteiger partial charge is 0.317 e. The zero-order valence-corrected chi connectivity index (χ0v) is 16.7. The zero-order chi connectivity index (χ0) is 19.2. The number of likely N-dealkylation sites (tertiary alicyclic amines) is 2. The summed E-state index contributed by atoms with van der Waals surface area (Å²) in [4.78, 5) is 19.1. The fourth-order valence-electron chi connectivity index (χ4n) is 4.23. The molecule has 1 unspecified atom stereocenters. The van der Waals surface area contributed by atoms with Gasteiger partial charge >= 0.3 is 6.03 Å². The van der Waals surface area contributed by atoms with Crippen molar-refractivity contribution in [2.45, 2.75) is 31.7 Å². The van der Waals surface area contributed by atoms with Crippen LogP contribution in [0, 0.1) is 11.7 Å². The van der Waals surface area contributed by atoms with Crippen LogP contribution in [-0.2, 0) is 6.42 Å². The molecule has 0 spiro atoms. The van der Waals surface area contributed by atoms with Crippen molar-refractivity contribution >= 4 is 6.03 Å². The Labute approximate surface area is 162 Å². The quantitative estimate of drug-likeness (QED) is 0.829. The molecule has 6 heteroatoms. The Kier molecular flexibility index (Phi) is 7.07. The second kappa shape index (κ2) is 9.51. The first-order chi connectivity index (χ1) is 13.0. The fraction of sp³-hybridized carbons (Fsp3) is 0.667. The van der Waals surface area contributed by atoms with Gasteiger partial charge in [0.1, 0.15) is 5.82 Å². The van der Waals surface area contributed by atoms with Crippen molar-refractivity contribution in [3.63, 3.8) is 0 Å². The maximum atomic E-state index is 13.0. The van der Waals surface area contributed by atoms with Crippen LogP contribution in [0.5, 0.6) is 0 Å². The maximum Gasteiger partial charge on any atom is 0.317 e. The number of carbonyl (C=O) groups excluding carboxylic acids is 1. The van der Waals surface area contributed by atoms with E-state index in [1.807, 2.05) is 17.0 Å². The number of halogens is 1. The summed E-state index contributed by atoms with van der Waals surface area (Å²) in [7, 11) is 4.31. The second-order valence-corrected chi connectivity index (χ2v) is 8.20. The Bertz CT molecular complexity index is 599. The molecule has 150 valence electrons. The summed E-state index contributed by atoms with van der Waals surface area (Å²) in [5, 5.41) is 3.08. The number of nitrogens with one attached hydrogen (secondary N) is 1. The first-order valence-electron chi connectivity index (χ1n) is 10.2. The van der Waals surface area contributed by atoms with Crippen LogP contribution in [0.2, 0.25) is 0 Å². The number of rotatable bonds is 6. The Morgan fingerprint density at radius 3 is 2.52 bits per heavy atom. The molecule has 0 saturated carbocycles. The molecular formula is C21H33FN4O. The van der Waals surface area contributed by atoms with Crippen molar-refractivity contribution in [3.05, 3.63) is 35.6 Å².